The summed E-state index contributed by atoms with van der Waals surface area (Å²) in [6.45, 7) is 8.03. The first-order valence-corrected chi connectivity index (χ1v) is 11.4. The Bertz CT molecular complexity index is 947. The molecule has 1 saturated carbocycles. The molecule has 4 rings (SSSR count). The molecular formula is C25H34N4O2. The fraction of sp³-hybridized carbons (Fsp3) is 0.520. The van der Waals surface area contributed by atoms with Crippen molar-refractivity contribution in [2.24, 2.45) is 0 Å². The maximum atomic E-state index is 12.6. The van der Waals surface area contributed by atoms with Crippen LogP contribution in [0.25, 0.3) is 11.1 Å². The normalized spacial score (nSPS) is 17.4. The van der Waals surface area contributed by atoms with Crippen LogP contribution in [-0.4, -0.2) is 47.3 Å². The van der Waals surface area contributed by atoms with Crippen molar-refractivity contribution in [3.05, 3.63) is 47.2 Å². The highest BCUT2D eigenvalue weighted by Crippen LogP contribution is 2.35. The zero-order chi connectivity index (χ0) is 22.0. The lowest BCUT2D eigenvalue weighted by atomic mass is 9.88. The van der Waals surface area contributed by atoms with Crippen LogP contribution in [0.4, 0.5) is 5.82 Å². The van der Waals surface area contributed by atoms with Gasteiger partial charge in [0.15, 0.2) is 0 Å². The van der Waals surface area contributed by atoms with Gasteiger partial charge in [-0.1, -0.05) is 6.07 Å². The fourth-order valence-corrected chi connectivity index (χ4v) is 4.11. The van der Waals surface area contributed by atoms with E-state index in [9.17, 15) is 9.90 Å². The maximum Gasteiger partial charge on any atom is 0.251 e. The van der Waals surface area contributed by atoms with Gasteiger partial charge in [0.25, 0.3) is 5.91 Å². The van der Waals surface area contributed by atoms with Gasteiger partial charge >= 0.3 is 0 Å². The van der Waals surface area contributed by atoms with Gasteiger partial charge in [0, 0.05) is 23.4 Å². The molecular weight excluding hydrogens is 388 g/mol. The number of carbonyl (C=O) groups excluding carboxylic acids is 1. The van der Waals surface area contributed by atoms with E-state index in [2.05, 4.69) is 28.9 Å². The molecule has 2 heterocycles. The number of aromatic nitrogens is 1. The van der Waals surface area contributed by atoms with E-state index in [1.54, 1.807) is 0 Å². The van der Waals surface area contributed by atoms with E-state index in [1.165, 1.54) is 5.56 Å². The second kappa shape index (κ2) is 8.97. The van der Waals surface area contributed by atoms with Gasteiger partial charge in [-0.15, -0.1) is 0 Å². The molecule has 1 aromatic carbocycles. The summed E-state index contributed by atoms with van der Waals surface area (Å²) in [5, 5.41) is 19.7. The first-order chi connectivity index (χ1) is 14.9. The third-order valence-corrected chi connectivity index (χ3v) is 6.27. The molecule has 2 aliphatic rings. The number of hydrogen-bond acceptors (Lipinski definition) is 5. The molecule has 1 saturated heterocycles. The van der Waals surface area contributed by atoms with Crippen molar-refractivity contribution in [1.82, 2.24) is 15.6 Å². The Morgan fingerprint density at radius 3 is 2.61 bits per heavy atom. The number of nitrogens with zero attached hydrogens (tertiary/aromatic N) is 1. The summed E-state index contributed by atoms with van der Waals surface area (Å²) in [6, 6.07) is 8.47. The average molecular weight is 423 g/mol. The van der Waals surface area contributed by atoms with Crippen LogP contribution in [0.15, 0.2) is 30.5 Å². The van der Waals surface area contributed by atoms with Gasteiger partial charge in [-0.25, -0.2) is 4.98 Å². The molecule has 6 nitrogen and oxygen atoms in total. The van der Waals surface area contributed by atoms with Crippen LogP contribution in [0.5, 0.6) is 0 Å². The number of aryl methyl sites for hydroxylation is 1. The number of nitrogens with one attached hydrogen (secondary N) is 3. The Labute approximate surface area is 184 Å². The van der Waals surface area contributed by atoms with Crippen molar-refractivity contribution in [2.75, 3.05) is 25.0 Å². The summed E-state index contributed by atoms with van der Waals surface area (Å²) in [4.78, 5) is 17.4. The zero-order valence-electron chi connectivity index (χ0n) is 18.8. The smallest absolute Gasteiger partial charge is 0.251 e. The summed E-state index contributed by atoms with van der Waals surface area (Å²) in [5.41, 5.74) is 4.62. The molecule has 1 aromatic heterocycles. The lowest BCUT2D eigenvalue weighted by Crippen LogP contribution is -2.36. The summed E-state index contributed by atoms with van der Waals surface area (Å²) >= 11 is 0. The predicted octanol–water partition coefficient (Wildman–Crippen LogP) is 3.60. The Balaban J connectivity index is 1.70. The number of amides is 1. The van der Waals surface area contributed by atoms with E-state index in [1.807, 2.05) is 38.2 Å². The molecule has 1 amide bonds. The molecule has 0 unspecified atom stereocenters. The molecule has 0 radical (unpaired) electrons. The predicted molar refractivity (Wildman–Crippen MR) is 125 cm³/mol. The molecule has 0 bridgehead atoms. The minimum Gasteiger partial charge on any atom is -0.394 e. The lowest BCUT2D eigenvalue weighted by Gasteiger charge is -2.30. The Kier molecular flexibility index (Phi) is 6.30. The SMILES string of the molecule is Cc1ccc(C(=O)NC2CC2)cc1-c1cnc(NC(C)(C)CO)c(C2CCNCC2)c1. The van der Waals surface area contributed by atoms with E-state index < -0.39 is 5.54 Å². The third kappa shape index (κ3) is 5.25. The first-order valence-electron chi connectivity index (χ1n) is 11.4. The summed E-state index contributed by atoms with van der Waals surface area (Å²) in [7, 11) is 0. The van der Waals surface area contributed by atoms with Crippen LogP contribution in [0.1, 0.15) is 66.9 Å². The molecule has 31 heavy (non-hydrogen) atoms. The van der Waals surface area contributed by atoms with E-state index in [4.69, 9.17) is 4.98 Å². The van der Waals surface area contributed by atoms with E-state index in [0.29, 0.717) is 17.5 Å². The van der Waals surface area contributed by atoms with Crippen LogP contribution in [0, 0.1) is 6.92 Å². The summed E-state index contributed by atoms with van der Waals surface area (Å²) in [6.07, 6.45) is 6.15. The molecule has 6 heteroatoms. The number of aliphatic hydroxyl groups excluding tert-OH is 1. The van der Waals surface area contributed by atoms with E-state index in [0.717, 1.165) is 61.3 Å². The van der Waals surface area contributed by atoms with Crippen molar-refractivity contribution in [3.63, 3.8) is 0 Å². The van der Waals surface area contributed by atoms with Crippen molar-refractivity contribution in [2.45, 2.75) is 64.0 Å². The molecule has 2 aromatic rings. The van der Waals surface area contributed by atoms with Crippen molar-refractivity contribution < 1.29 is 9.90 Å². The second-order valence-electron chi connectivity index (χ2n) is 9.63. The maximum absolute atomic E-state index is 12.6. The third-order valence-electron chi connectivity index (χ3n) is 6.27. The summed E-state index contributed by atoms with van der Waals surface area (Å²) in [5.74, 6) is 1.25. The van der Waals surface area contributed by atoms with Crippen LogP contribution >= 0.6 is 0 Å². The number of piperidine rings is 1. The monoisotopic (exact) mass is 422 g/mol. The van der Waals surface area contributed by atoms with Crippen LogP contribution in [0.3, 0.4) is 0 Å². The van der Waals surface area contributed by atoms with Crippen molar-refractivity contribution >= 4 is 11.7 Å². The molecule has 1 aliphatic heterocycles. The topological polar surface area (TPSA) is 86.3 Å². The molecule has 166 valence electrons. The Hall–Kier alpha value is -2.44. The number of carbonyl (C=O) groups is 1. The number of aliphatic hydroxyl groups is 1. The number of pyridine rings is 1. The highest BCUT2D eigenvalue weighted by molar-refractivity contribution is 5.96. The number of rotatable bonds is 7. The Morgan fingerprint density at radius 1 is 1.19 bits per heavy atom. The van der Waals surface area contributed by atoms with Gasteiger partial charge in [0.1, 0.15) is 5.82 Å². The van der Waals surface area contributed by atoms with Gasteiger partial charge in [-0.2, -0.15) is 0 Å². The van der Waals surface area contributed by atoms with E-state index >= 15 is 0 Å². The zero-order valence-corrected chi connectivity index (χ0v) is 18.8. The van der Waals surface area contributed by atoms with Gasteiger partial charge in [-0.3, -0.25) is 4.79 Å². The van der Waals surface area contributed by atoms with Crippen molar-refractivity contribution in [1.29, 1.82) is 0 Å². The molecule has 2 fully saturated rings. The van der Waals surface area contributed by atoms with Gasteiger partial charge in [-0.05, 0) is 100 Å². The molecule has 0 atom stereocenters. The molecule has 4 N–H and O–H groups in total. The van der Waals surface area contributed by atoms with Gasteiger partial charge in [0.05, 0.1) is 12.1 Å². The van der Waals surface area contributed by atoms with Crippen LogP contribution < -0.4 is 16.0 Å². The second-order valence-corrected chi connectivity index (χ2v) is 9.63. The minimum absolute atomic E-state index is 0.00160. The summed E-state index contributed by atoms with van der Waals surface area (Å²) < 4.78 is 0. The van der Waals surface area contributed by atoms with Gasteiger partial charge in [0.2, 0.25) is 0 Å². The quantitative estimate of drug-likeness (QED) is 0.548. The first kappa shape index (κ1) is 21.8. The number of hydrogen-bond donors (Lipinski definition) is 4. The van der Waals surface area contributed by atoms with Crippen LogP contribution in [-0.2, 0) is 0 Å². The van der Waals surface area contributed by atoms with Gasteiger partial charge < -0.3 is 21.1 Å². The molecule has 1 aliphatic carbocycles. The number of benzene rings is 1. The Morgan fingerprint density at radius 2 is 1.94 bits per heavy atom. The fourth-order valence-electron chi connectivity index (χ4n) is 4.11. The van der Waals surface area contributed by atoms with Crippen LogP contribution in [0.2, 0.25) is 0 Å². The average Bonchev–Trinajstić information content (AvgIpc) is 3.59. The lowest BCUT2D eigenvalue weighted by molar-refractivity contribution is 0.0951. The molecule has 0 spiro atoms. The standard InChI is InChI=1S/C25H34N4O2/c1-16-4-5-18(24(31)28-20-6-7-20)12-21(16)19-13-22(17-8-10-26-11-9-17)23(27-14-19)29-25(2,3)15-30/h4-5,12-14,17,20,26,30H,6-11,15H2,1-3H3,(H,27,29)(H,28,31). The van der Waals surface area contributed by atoms with E-state index in [-0.39, 0.29) is 12.5 Å². The largest absolute Gasteiger partial charge is 0.394 e. The highest BCUT2D eigenvalue weighted by Gasteiger charge is 2.26. The van der Waals surface area contributed by atoms with Crippen molar-refractivity contribution in [3.8, 4) is 11.1 Å². The number of anilines is 1. The minimum atomic E-state index is -0.451. The highest BCUT2D eigenvalue weighted by atomic mass is 16.3.